The Labute approximate surface area is 111 Å². The highest BCUT2D eigenvalue weighted by Crippen LogP contribution is 2.28. The summed E-state index contributed by atoms with van der Waals surface area (Å²) >= 11 is 0. The van der Waals surface area contributed by atoms with E-state index in [-0.39, 0.29) is 0 Å². The third-order valence-electron chi connectivity index (χ3n) is 3.62. The maximum atomic E-state index is 12.5. The largest absolute Gasteiger partial charge is 0.433 e. The van der Waals surface area contributed by atoms with Crippen molar-refractivity contribution in [2.75, 3.05) is 11.9 Å². The lowest BCUT2D eigenvalue weighted by Gasteiger charge is -2.21. The zero-order chi connectivity index (χ0) is 13.7. The van der Waals surface area contributed by atoms with Crippen molar-refractivity contribution in [3.8, 4) is 0 Å². The summed E-state index contributed by atoms with van der Waals surface area (Å²) in [5, 5.41) is 2.99. The van der Waals surface area contributed by atoms with E-state index in [1.165, 1.54) is 38.2 Å². The Balaban J connectivity index is 1.82. The van der Waals surface area contributed by atoms with E-state index in [2.05, 4.69) is 10.3 Å². The summed E-state index contributed by atoms with van der Waals surface area (Å²) in [4.78, 5) is 3.59. The van der Waals surface area contributed by atoms with E-state index in [1.54, 1.807) is 6.07 Å². The Hall–Kier alpha value is -1.26. The minimum absolute atomic E-state index is 0.311. The summed E-state index contributed by atoms with van der Waals surface area (Å²) in [5.41, 5.74) is -0.838. The van der Waals surface area contributed by atoms with Gasteiger partial charge in [-0.2, -0.15) is 13.2 Å². The van der Waals surface area contributed by atoms with Crippen molar-refractivity contribution >= 4 is 5.82 Å². The van der Waals surface area contributed by atoms with E-state index in [1.807, 2.05) is 0 Å². The average molecular weight is 272 g/mol. The Morgan fingerprint density at radius 1 is 1.16 bits per heavy atom. The number of hydrogen-bond donors (Lipinski definition) is 1. The number of pyridine rings is 1. The predicted molar refractivity (Wildman–Crippen MR) is 68.9 cm³/mol. The Morgan fingerprint density at radius 3 is 2.58 bits per heavy atom. The second-order valence-corrected chi connectivity index (χ2v) is 5.13. The van der Waals surface area contributed by atoms with Crippen LogP contribution >= 0.6 is 0 Å². The van der Waals surface area contributed by atoms with Gasteiger partial charge in [-0.1, -0.05) is 38.2 Å². The summed E-state index contributed by atoms with van der Waals surface area (Å²) in [6, 6.07) is 3.96. The first-order chi connectivity index (χ1) is 9.05. The van der Waals surface area contributed by atoms with Crippen molar-refractivity contribution < 1.29 is 13.2 Å². The number of nitrogens with zero attached hydrogens (tertiary/aromatic N) is 1. The van der Waals surface area contributed by atoms with Crippen molar-refractivity contribution in [1.82, 2.24) is 4.98 Å². The van der Waals surface area contributed by atoms with Crippen LogP contribution in [0.3, 0.4) is 0 Å². The molecule has 0 atom stereocenters. The standard InChI is InChI=1S/C14H19F3N2/c15-14(16,17)12-7-4-8-13(19-12)18-10-9-11-5-2-1-3-6-11/h4,7-8,11H,1-3,5-6,9-10H2,(H,18,19). The summed E-state index contributed by atoms with van der Waals surface area (Å²) in [5.74, 6) is 1.03. The van der Waals surface area contributed by atoms with Crippen LogP contribution in [0.4, 0.5) is 19.0 Å². The minimum atomic E-state index is -4.37. The van der Waals surface area contributed by atoms with Crippen molar-refractivity contribution in [3.05, 3.63) is 23.9 Å². The lowest BCUT2D eigenvalue weighted by Crippen LogP contribution is -2.14. The molecule has 0 bridgehead atoms. The summed E-state index contributed by atoms with van der Waals surface area (Å²) < 4.78 is 37.5. The fraction of sp³-hybridized carbons (Fsp3) is 0.643. The highest BCUT2D eigenvalue weighted by atomic mass is 19.4. The summed E-state index contributed by atoms with van der Waals surface area (Å²) in [6.45, 7) is 0.693. The molecule has 1 heterocycles. The van der Waals surface area contributed by atoms with Crippen LogP contribution in [-0.2, 0) is 6.18 Å². The van der Waals surface area contributed by atoms with Crippen molar-refractivity contribution in [2.45, 2.75) is 44.7 Å². The number of alkyl halides is 3. The molecule has 0 radical (unpaired) electrons. The van der Waals surface area contributed by atoms with Gasteiger partial charge in [0.2, 0.25) is 0 Å². The third-order valence-corrected chi connectivity index (χ3v) is 3.62. The van der Waals surface area contributed by atoms with E-state index in [9.17, 15) is 13.2 Å². The van der Waals surface area contributed by atoms with Gasteiger partial charge in [0.25, 0.3) is 0 Å². The fourth-order valence-electron chi connectivity index (χ4n) is 2.57. The van der Waals surface area contributed by atoms with Gasteiger partial charge in [-0.05, 0) is 24.5 Å². The molecule has 2 nitrogen and oxygen atoms in total. The zero-order valence-electron chi connectivity index (χ0n) is 10.8. The van der Waals surface area contributed by atoms with Crippen LogP contribution in [0.5, 0.6) is 0 Å². The van der Waals surface area contributed by atoms with Gasteiger partial charge in [0.1, 0.15) is 11.5 Å². The van der Waals surface area contributed by atoms with Gasteiger partial charge < -0.3 is 5.32 Å². The maximum Gasteiger partial charge on any atom is 0.433 e. The molecule has 0 amide bonds. The first kappa shape index (κ1) is 14.2. The normalized spacial score (nSPS) is 17.4. The van der Waals surface area contributed by atoms with E-state index >= 15 is 0 Å². The summed E-state index contributed by atoms with van der Waals surface area (Å²) in [7, 11) is 0. The smallest absolute Gasteiger partial charge is 0.370 e. The molecule has 1 fully saturated rings. The van der Waals surface area contributed by atoms with Crippen molar-refractivity contribution in [2.24, 2.45) is 5.92 Å². The zero-order valence-corrected chi connectivity index (χ0v) is 10.8. The van der Waals surface area contributed by atoms with Crippen LogP contribution in [0.2, 0.25) is 0 Å². The second kappa shape index (κ2) is 6.26. The first-order valence-electron chi connectivity index (χ1n) is 6.84. The lowest BCUT2D eigenvalue weighted by atomic mass is 9.87. The molecule has 1 aliphatic rings. The highest BCUT2D eigenvalue weighted by Gasteiger charge is 2.32. The topological polar surface area (TPSA) is 24.9 Å². The number of aromatic nitrogens is 1. The van der Waals surface area contributed by atoms with Gasteiger partial charge in [-0.25, -0.2) is 4.98 Å². The van der Waals surface area contributed by atoms with Gasteiger partial charge >= 0.3 is 6.18 Å². The van der Waals surface area contributed by atoms with E-state index in [0.717, 1.165) is 12.5 Å². The molecule has 0 aromatic carbocycles. The molecule has 0 unspecified atom stereocenters. The van der Waals surface area contributed by atoms with Crippen molar-refractivity contribution in [1.29, 1.82) is 0 Å². The van der Waals surface area contributed by atoms with Gasteiger partial charge in [0, 0.05) is 6.54 Å². The molecular formula is C14H19F3N2. The van der Waals surface area contributed by atoms with Crippen LogP contribution in [0.1, 0.15) is 44.2 Å². The van der Waals surface area contributed by atoms with Gasteiger partial charge in [0.15, 0.2) is 0 Å². The monoisotopic (exact) mass is 272 g/mol. The van der Waals surface area contributed by atoms with E-state index in [0.29, 0.717) is 18.3 Å². The number of rotatable bonds is 4. The molecule has 0 spiro atoms. The molecule has 5 heteroatoms. The SMILES string of the molecule is FC(F)(F)c1cccc(NCCC2CCCCC2)n1. The molecule has 1 aromatic heterocycles. The van der Waals surface area contributed by atoms with Gasteiger partial charge in [0.05, 0.1) is 0 Å². The van der Waals surface area contributed by atoms with E-state index in [4.69, 9.17) is 0 Å². The molecule has 19 heavy (non-hydrogen) atoms. The molecular weight excluding hydrogens is 253 g/mol. The Morgan fingerprint density at radius 2 is 1.89 bits per heavy atom. The molecule has 1 aliphatic carbocycles. The second-order valence-electron chi connectivity index (χ2n) is 5.13. The number of hydrogen-bond acceptors (Lipinski definition) is 2. The van der Waals surface area contributed by atoms with Crippen molar-refractivity contribution in [3.63, 3.8) is 0 Å². The van der Waals surface area contributed by atoms with Crippen LogP contribution in [0, 0.1) is 5.92 Å². The number of nitrogens with one attached hydrogen (secondary N) is 1. The molecule has 1 saturated carbocycles. The molecule has 1 N–H and O–H groups in total. The van der Waals surface area contributed by atoms with Crippen LogP contribution in [-0.4, -0.2) is 11.5 Å². The van der Waals surface area contributed by atoms with Gasteiger partial charge in [-0.15, -0.1) is 0 Å². The number of halogens is 3. The maximum absolute atomic E-state index is 12.5. The molecule has 2 rings (SSSR count). The molecule has 106 valence electrons. The average Bonchev–Trinajstić information content (AvgIpc) is 2.39. The molecule has 0 aliphatic heterocycles. The summed E-state index contributed by atoms with van der Waals surface area (Å²) in [6.07, 6.45) is 3.02. The van der Waals surface area contributed by atoms with Crippen LogP contribution < -0.4 is 5.32 Å². The predicted octanol–water partition coefficient (Wildman–Crippen LogP) is 4.48. The highest BCUT2D eigenvalue weighted by molar-refractivity contribution is 5.35. The Bertz CT molecular complexity index is 398. The number of anilines is 1. The van der Waals surface area contributed by atoms with Crippen LogP contribution in [0.15, 0.2) is 18.2 Å². The van der Waals surface area contributed by atoms with Crippen LogP contribution in [0.25, 0.3) is 0 Å². The minimum Gasteiger partial charge on any atom is -0.370 e. The van der Waals surface area contributed by atoms with E-state index < -0.39 is 11.9 Å². The quantitative estimate of drug-likeness (QED) is 0.874. The lowest BCUT2D eigenvalue weighted by molar-refractivity contribution is -0.141. The third kappa shape index (κ3) is 4.40. The van der Waals surface area contributed by atoms with Gasteiger partial charge in [-0.3, -0.25) is 0 Å². The fourth-order valence-corrected chi connectivity index (χ4v) is 2.57. The first-order valence-corrected chi connectivity index (χ1v) is 6.84. The molecule has 0 saturated heterocycles. The Kier molecular flexibility index (Phi) is 4.66. The molecule has 1 aromatic rings.